The molecule has 0 bridgehead atoms. The molecule has 132 valence electrons. The molecular weight excluding hydrogens is 316 g/mol. The van der Waals surface area contributed by atoms with Gasteiger partial charge in [0.2, 0.25) is 0 Å². The largest absolute Gasteiger partial charge is 0.497 e. The highest BCUT2D eigenvalue weighted by molar-refractivity contribution is 5.73. The fourth-order valence-corrected chi connectivity index (χ4v) is 2.86. The number of aromatic nitrogens is 1. The van der Waals surface area contributed by atoms with Crippen molar-refractivity contribution in [2.45, 2.75) is 25.9 Å². The number of carbonyl (C=O) groups excluding carboxylic acids is 1. The van der Waals surface area contributed by atoms with Crippen molar-refractivity contribution < 1.29 is 9.53 Å². The fourth-order valence-electron chi connectivity index (χ4n) is 2.86. The normalized spacial score (nSPS) is 13.6. The minimum Gasteiger partial charge on any atom is -0.497 e. The summed E-state index contributed by atoms with van der Waals surface area (Å²) in [4.78, 5) is 18.7. The van der Waals surface area contributed by atoms with Gasteiger partial charge in [0.15, 0.2) is 0 Å². The molecule has 2 aromatic rings. The minimum atomic E-state index is -0.202. The van der Waals surface area contributed by atoms with Crippen molar-refractivity contribution in [1.29, 1.82) is 0 Å². The topological polar surface area (TPSA) is 66.5 Å². The monoisotopic (exact) mass is 340 g/mol. The molecule has 6 heteroatoms. The second kappa shape index (κ2) is 8.37. The average Bonchev–Trinajstić information content (AvgIpc) is 3.20. The van der Waals surface area contributed by atoms with Gasteiger partial charge in [-0.05, 0) is 42.2 Å². The zero-order valence-corrected chi connectivity index (χ0v) is 14.5. The number of amides is 2. The molecule has 2 heterocycles. The van der Waals surface area contributed by atoms with Crippen LogP contribution in [0.3, 0.4) is 0 Å². The summed E-state index contributed by atoms with van der Waals surface area (Å²) >= 11 is 0. The van der Waals surface area contributed by atoms with Gasteiger partial charge in [-0.1, -0.05) is 18.2 Å². The Morgan fingerprint density at radius 3 is 2.56 bits per heavy atom. The number of hydrogen-bond donors (Lipinski definition) is 2. The summed E-state index contributed by atoms with van der Waals surface area (Å²) in [5.74, 6) is 1.80. The maximum atomic E-state index is 11.9. The van der Waals surface area contributed by atoms with E-state index >= 15 is 0 Å². The Morgan fingerprint density at radius 1 is 1.12 bits per heavy atom. The molecule has 3 rings (SSSR count). The summed E-state index contributed by atoms with van der Waals surface area (Å²) in [5.41, 5.74) is 1.98. The van der Waals surface area contributed by atoms with Gasteiger partial charge in [-0.2, -0.15) is 0 Å². The first-order chi connectivity index (χ1) is 12.2. The second-order valence-electron chi connectivity index (χ2n) is 6.11. The van der Waals surface area contributed by atoms with E-state index in [4.69, 9.17) is 4.74 Å². The van der Waals surface area contributed by atoms with Crippen LogP contribution < -0.4 is 20.3 Å². The van der Waals surface area contributed by atoms with Crippen molar-refractivity contribution in [2.75, 3.05) is 25.1 Å². The highest BCUT2D eigenvalue weighted by Gasteiger charge is 2.13. The molecule has 1 fully saturated rings. The fraction of sp³-hybridized carbons (Fsp3) is 0.368. The first-order valence-corrected chi connectivity index (χ1v) is 8.59. The van der Waals surface area contributed by atoms with Crippen molar-refractivity contribution in [3.05, 3.63) is 53.7 Å². The lowest BCUT2D eigenvalue weighted by atomic mass is 10.2. The lowest BCUT2D eigenvalue weighted by Crippen LogP contribution is -2.34. The predicted octanol–water partition coefficient (Wildman–Crippen LogP) is 2.69. The molecular formula is C19H24N4O2. The average molecular weight is 340 g/mol. The summed E-state index contributed by atoms with van der Waals surface area (Å²) in [5, 5.41) is 5.69. The van der Waals surface area contributed by atoms with E-state index in [1.165, 1.54) is 12.8 Å². The van der Waals surface area contributed by atoms with Gasteiger partial charge in [-0.15, -0.1) is 0 Å². The van der Waals surface area contributed by atoms with Crippen LogP contribution in [0.25, 0.3) is 0 Å². The van der Waals surface area contributed by atoms with E-state index < -0.39 is 0 Å². The molecule has 2 N–H and O–H groups in total. The highest BCUT2D eigenvalue weighted by atomic mass is 16.5. The predicted molar refractivity (Wildman–Crippen MR) is 97.8 cm³/mol. The molecule has 0 unspecified atom stereocenters. The van der Waals surface area contributed by atoms with Gasteiger partial charge in [-0.3, -0.25) is 0 Å². The first-order valence-electron chi connectivity index (χ1n) is 8.59. The van der Waals surface area contributed by atoms with Gasteiger partial charge in [0.25, 0.3) is 0 Å². The van der Waals surface area contributed by atoms with E-state index in [0.29, 0.717) is 13.1 Å². The number of nitrogens with one attached hydrogen (secondary N) is 2. The molecule has 0 saturated carbocycles. The standard InChI is InChI=1S/C19H24N4O2/c1-25-17-6-4-5-15(11-17)12-21-19(24)22-14-16-7-8-18(20-13-16)23-9-2-3-10-23/h4-8,11,13H,2-3,9-10,12,14H2,1H3,(H2,21,22,24). The number of carbonyl (C=O) groups is 1. The second-order valence-corrected chi connectivity index (χ2v) is 6.11. The Morgan fingerprint density at radius 2 is 1.88 bits per heavy atom. The summed E-state index contributed by atoms with van der Waals surface area (Å²) < 4.78 is 5.17. The zero-order chi connectivity index (χ0) is 17.5. The smallest absolute Gasteiger partial charge is 0.315 e. The Bertz CT molecular complexity index is 697. The van der Waals surface area contributed by atoms with Gasteiger partial charge < -0.3 is 20.3 Å². The minimum absolute atomic E-state index is 0.202. The van der Waals surface area contributed by atoms with Gasteiger partial charge in [0.1, 0.15) is 11.6 Å². The number of rotatable bonds is 6. The molecule has 0 atom stereocenters. The molecule has 0 radical (unpaired) electrons. The SMILES string of the molecule is COc1cccc(CNC(=O)NCc2ccc(N3CCCC3)nc2)c1. The molecule has 25 heavy (non-hydrogen) atoms. The van der Waals surface area contributed by atoms with E-state index in [1.54, 1.807) is 7.11 Å². The van der Waals surface area contributed by atoms with E-state index in [2.05, 4.69) is 20.5 Å². The zero-order valence-electron chi connectivity index (χ0n) is 14.5. The Balaban J connectivity index is 1.43. The first kappa shape index (κ1) is 17.1. The van der Waals surface area contributed by atoms with E-state index in [9.17, 15) is 4.79 Å². The number of benzene rings is 1. The molecule has 0 aliphatic carbocycles. The third kappa shape index (κ3) is 4.86. The van der Waals surface area contributed by atoms with Crippen molar-refractivity contribution >= 4 is 11.8 Å². The number of nitrogens with zero attached hydrogens (tertiary/aromatic N) is 2. The number of methoxy groups -OCH3 is 1. The van der Waals surface area contributed by atoms with Crippen LogP contribution in [0.2, 0.25) is 0 Å². The lowest BCUT2D eigenvalue weighted by Gasteiger charge is -2.16. The van der Waals surface area contributed by atoms with Crippen molar-refractivity contribution in [1.82, 2.24) is 15.6 Å². The van der Waals surface area contributed by atoms with Crippen molar-refractivity contribution in [3.8, 4) is 5.75 Å². The Labute approximate surface area is 148 Å². The number of pyridine rings is 1. The molecule has 1 aliphatic rings. The summed E-state index contributed by atoms with van der Waals surface area (Å²) in [6, 6.07) is 11.5. The van der Waals surface area contributed by atoms with Gasteiger partial charge >= 0.3 is 6.03 Å². The van der Waals surface area contributed by atoms with Gasteiger partial charge in [0, 0.05) is 32.4 Å². The van der Waals surface area contributed by atoms with Gasteiger partial charge in [-0.25, -0.2) is 9.78 Å². The summed E-state index contributed by atoms with van der Waals surface area (Å²) in [6.45, 7) is 3.07. The maximum Gasteiger partial charge on any atom is 0.315 e. The van der Waals surface area contributed by atoms with E-state index in [1.807, 2.05) is 42.6 Å². The summed E-state index contributed by atoms with van der Waals surface area (Å²) in [7, 11) is 1.63. The Kier molecular flexibility index (Phi) is 5.72. The molecule has 1 saturated heterocycles. The number of urea groups is 1. The third-order valence-electron chi connectivity index (χ3n) is 4.28. The number of anilines is 1. The molecule has 0 spiro atoms. The van der Waals surface area contributed by atoms with Crippen LogP contribution >= 0.6 is 0 Å². The van der Waals surface area contributed by atoms with Crippen LogP contribution in [0.5, 0.6) is 5.75 Å². The molecule has 6 nitrogen and oxygen atoms in total. The third-order valence-corrected chi connectivity index (χ3v) is 4.28. The molecule has 1 aromatic carbocycles. The Hall–Kier alpha value is -2.76. The number of hydrogen-bond acceptors (Lipinski definition) is 4. The lowest BCUT2D eigenvalue weighted by molar-refractivity contribution is 0.240. The van der Waals surface area contributed by atoms with E-state index in [-0.39, 0.29) is 6.03 Å². The molecule has 2 amide bonds. The van der Waals surface area contributed by atoms with E-state index in [0.717, 1.165) is 35.8 Å². The highest BCUT2D eigenvalue weighted by Crippen LogP contribution is 2.17. The van der Waals surface area contributed by atoms with Crippen LogP contribution in [0.15, 0.2) is 42.6 Å². The van der Waals surface area contributed by atoms with Gasteiger partial charge in [0.05, 0.1) is 7.11 Å². The molecule has 1 aliphatic heterocycles. The van der Waals surface area contributed by atoms with Crippen LogP contribution in [0, 0.1) is 0 Å². The quantitative estimate of drug-likeness (QED) is 0.848. The number of ether oxygens (including phenoxy) is 1. The van der Waals surface area contributed by atoms with Crippen LogP contribution in [-0.4, -0.2) is 31.2 Å². The van der Waals surface area contributed by atoms with Crippen LogP contribution in [0.1, 0.15) is 24.0 Å². The summed E-state index contributed by atoms with van der Waals surface area (Å²) in [6.07, 6.45) is 4.30. The maximum absolute atomic E-state index is 11.9. The molecule has 1 aromatic heterocycles. The van der Waals surface area contributed by atoms with Crippen LogP contribution in [0.4, 0.5) is 10.6 Å². The van der Waals surface area contributed by atoms with Crippen LogP contribution in [-0.2, 0) is 13.1 Å². The van der Waals surface area contributed by atoms with Crippen molar-refractivity contribution in [2.24, 2.45) is 0 Å². The van der Waals surface area contributed by atoms with Crippen molar-refractivity contribution in [3.63, 3.8) is 0 Å².